The Morgan fingerprint density at radius 1 is 1.26 bits per heavy atom. The molecule has 1 fully saturated rings. The summed E-state index contributed by atoms with van der Waals surface area (Å²) >= 11 is 0. The number of aryl methyl sites for hydroxylation is 3. The topological polar surface area (TPSA) is 109 Å². The van der Waals surface area contributed by atoms with Gasteiger partial charge in [0.1, 0.15) is 24.0 Å². The number of hydrogen-bond donors (Lipinski definition) is 3. The number of benzene rings is 1. The summed E-state index contributed by atoms with van der Waals surface area (Å²) in [6.45, 7) is 3.42. The van der Waals surface area contributed by atoms with Crippen LogP contribution in [0.25, 0.3) is 10.9 Å². The van der Waals surface area contributed by atoms with Crippen LogP contribution in [0, 0.1) is 12.8 Å². The number of hydrogen-bond acceptors (Lipinski definition) is 7. The van der Waals surface area contributed by atoms with E-state index in [2.05, 4.69) is 32.7 Å². The Kier molecular flexibility index (Phi) is 7.08. The third kappa shape index (κ3) is 5.70. The number of anilines is 2. The standard InChI is InChI=1S/C27H33N5O3/c1-17-4-9-22-24(13-17)29-16-30-26(22)32-23(27(33)34)10-12-35-21-14-18(15-21)5-7-20-8-6-19-3-2-11-28-25(19)31-20/h4,6,8-9,13,16,18,21,23H,2-3,5,7,10-12,14-15H2,1H3,(H,28,31)(H,33,34)(H,29,30,32)/t18?,21?,23-/m0/s1. The second-order valence-corrected chi connectivity index (χ2v) is 9.78. The van der Waals surface area contributed by atoms with E-state index in [1.807, 2.05) is 25.1 Å². The van der Waals surface area contributed by atoms with Crippen molar-refractivity contribution in [2.24, 2.45) is 5.92 Å². The maximum Gasteiger partial charge on any atom is 0.326 e. The molecule has 0 radical (unpaired) electrons. The molecule has 184 valence electrons. The van der Waals surface area contributed by atoms with E-state index in [1.165, 1.54) is 18.3 Å². The molecule has 3 aromatic rings. The monoisotopic (exact) mass is 475 g/mol. The lowest BCUT2D eigenvalue weighted by molar-refractivity contribution is -0.138. The Labute approximate surface area is 205 Å². The first-order valence-electron chi connectivity index (χ1n) is 12.6. The molecular weight excluding hydrogens is 442 g/mol. The predicted molar refractivity (Wildman–Crippen MR) is 136 cm³/mol. The van der Waals surface area contributed by atoms with Crippen molar-refractivity contribution in [1.82, 2.24) is 15.0 Å². The van der Waals surface area contributed by atoms with Crippen LogP contribution in [0.5, 0.6) is 0 Å². The number of aliphatic carboxylic acids is 1. The molecule has 35 heavy (non-hydrogen) atoms. The van der Waals surface area contributed by atoms with Crippen molar-refractivity contribution in [3.63, 3.8) is 0 Å². The van der Waals surface area contributed by atoms with Crippen molar-refractivity contribution in [3.8, 4) is 0 Å². The molecule has 0 spiro atoms. The first kappa shape index (κ1) is 23.5. The maximum absolute atomic E-state index is 11.8. The summed E-state index contributed by atoms with van der Waals surface area (Å²) in [5.41, 5.74) is 4.38. The molecule has 0 amide bonds. The number of rotatable bonds is 10. The number of carbonyl (C=O) groups is 1. The average molecular weight is 476 g/mol. The smallest absolute Gasteiger partial charge is 0.326 e. The normalized spacial score (nSPS) is 19.9. The largest absolute Gasteiger partial charge is 0.480 e. The van der Waals surface area contributed by atoms with Crippen molar-refractivity contribution in [2.75, 3.05) is 23.8 Å². The van der Waals surface area contributed by atoms with Gasteiger partial charge >= 0.3 is 5.97 Å². The van der Waals surface area contributed by atoms with Crippen molar-refractivity contribution in [2.45, 2.75) is 64.0 Å². The van der Waals surface area contributed by atoms with Gasteiger partial charge in [0.2, 0.25) is 0 Å². The summed E-state index contributed by atoms with van der Waals surface area (Å²) in [4.78, 5) is 25.2. The molecule has 0 saturated heterocycles. The van der Waals surface area contributed by atoms with Crippen LogP contribution in [-0.4, -0.2) is 51.3 Å². The summed E-state index contributed by atoms with van der Waals surface area (Å²) in [5.74, 6) is 1.34. The maximum atomic E-state index is 11.8. The van der Waals surface area contributed by atoms with Gasteiger partial charge in [-0.05, 0) is 80.7 Å². The van der Waals surface area contributed by atoms with Crippen LogP contribution in [0.15, 0.2) is 36.7 Å². The van der Waals surface area contributed by atoms with Gasteiger partial charge in [0, 0.05) is 30.7 Å². The minimum absolute atomic E-state index is 0.218. The van der Waals surface area contributed by atoms with Crippen molar-refractivity contribution >= 4 is 28.5 Å². The predicted octanol–water partition coefficient (Wildman–Crippen LogP) is 4.37. The Morgan fingerprint density at radius 2 is 2.14 bits per heavy atom. The van der Waals surface area contributed by atoms with Crippen LogP contribution in [0.3, 0.4) is 0 Å². The molecule has 1 saturated carbocycles. The number of carboxylic acids is 1. The van der Waals surface area contributed by atoms with Crippen LogP contribution in [0.2, 0.25) is 0 Å². The number of fused-ring (bicyclic) bond motifs is 2. The van der Waals surface area contributed by atoms with Gasteiger partial charge in [-0.15, -0.1) is 0 Å². The molecule has 1 aromatic carbocycles. The van der Waals surface area contributed by atoms with E-state index in [4.69, 9.17) is 9.72 Å². The van der Waals surface area contributed by atoms with E-state index in [1.54, 1.807) is 0 Å². The number of aromatic nitrogens is 3. The van der Waals surface area contributed by atoms with Gasteiger partial charge in [-0.2, -0.15) is 0 Å². The quantitative estimate of drug-likeness (QED) is 0.396. The van der Waals surface area contributed by atoms with Crippen molar-refractivity contribution in [3.05, 3.63) is 53.5 Å². The second kappa shape index (κ2) is 10.6. The summed E-state index contributed by atoms with van der Waals surface area (Å²) in [7, 11) is 0. The summed E-state index contributed by atoms with van der Waals surface area (Å²) in [6.07, 6.45) is 8.52. The highest BCUT2D eigenvalue weighted by molar-refractivity contribution is 5.91. The first-order valence-corrected chi connectivity index (χ1v) is 12.6. The van der Waals surface area contributed by atoms with E-state index in [-0.39, 0.29) is 6.10 Å². The fraction of sp³-hybridized carbons (Fsp3) is 0.481. The van der Waals surface area contributed by atoms with Crippen molar-refractivity contribution < 1.29 is 14.6 Å². The van der Waals surface area contributed by atoms with Crippen LogP contribution in [0.1, 0.15) is 48.9 Å². The number of pyridine rings is 1. The SMILES string of the molecule is Cc1ccc2c(N[C@@H](CCOC3CC(CCc4ccc5c(n4)NCCC5)C3)C(=O)O)ncnc2c1. The summed E-state index contributed by atoms with van der Waals surface area (Å²) < 4.78 is 5.99. The zero-order valence-corrected chi connectivity index (χ0v) is 20.2. The third-order valence-corrected chi connectivity index (χ3v) is 7.11. The van der Waals surface area contributed by atoms with Gasteiger partial charge in [0.05, 0.1) is 11.6 Å². The Balaban J connectivity index is 1.05. The number of nitrogens with zero attached hydrogens (tertiary/aromatic N) is 3. The van der Waals surface area contributed by atoms with Gasteiger partial charge in [0.25, 0.3) is 0 Å². The first-order chi connectivity index (χ1) is 17.0. The Bertz CT molecular complexity index is 1190. The second-order valence-electron chi connectivity index (χ2n) is 9.78. The highest BCUT2D eigenvalue weighted by atomic mass is 16.5. The lowest BCUT2D eigenvalue weighted by atomic mass is 9.79. The number of carboxylic acid groups (broad SMARTS) is 1. The van der Waals surface area contributed by atoms with Crippen LogP contribution in [-0.2, 0) is 22.4 Å². The lowest BCUT2D eigenvalue weighted by Gasteiger charge is -2.35. The minimum Gasteiger partial charge on any atom is -0.480 e. The Hall–Kier alpha value is -3.26. The molecule has 3 heterocycles. The van der Waals surface area contributed by atoms with Gasteiger partial charge < -0.3 is 20.5 Å². The fourth-order valence-corrected chi connectivity index (χ4v) is 4.96. The van der Waals surface area contributed by atoms with Gasteiger partial charge in [-0.25, -0.2) is 19.7 Å². The molecule has 1 aliphatic heterocycles. The number of ether oxygens (including phenoxy) is 1. The van der Waals surface area contributed by atoms with E-state index in [9.17, 15) is 9.90 Å². The minimum atomic E-state index is -0.911. The molecule has 2 aliphatic rings. The third-order valence-electron chi connectivity index (χ3n) is 7.11. The zero-order valence-electron chi connectivity index (χ0n) is 20.2. The summed E-state index contributed by atoms with van der Waals surface area (Å²) in [6, 6.07) is 9.48. The average Bonchev–Trinajstić information content (AvgIpc) is 2.83. The molecule has 1 atom stereocenters. The fourth-order valence-electron chi connectivity index (χ4n) is 4.96. The molecule has 8 heteroatoms. The van der Waals surface area contributed by atoms with Crippen LogP contribution >= 0.6 is 0 Å². The van der Waals surface area contributed by atoms with Gasteiger partial charge in [-0.1, -0.05) is 12.1 Å². The molecule has 2 aromatic heterocycles. The van der Waals surface area contributed by atoms with E-state index >= 15 is 0 Å². The van der Waals surface area contributed by atoms with Crippen LogP contribution < -0.4 is 10.6 Å². The van der Waals surface area contributed by atoms with E-state index < -0.39 is 12.0 Å². The Morgan fingerprint density at radius 3 is 3.00 bits per heavy atom. The van der Waals surface area contributed by atoms with Crippen LogP contribution in [0.4, 0.5) is 11.6 Å². The zero-order chi connectivity index (χ0) is 24.2. The molecule has 5 rings (SSSR count). The molecule has 0 unspecified atom stereocenters. The highest BCUT2D eigenvalue weighted by Crippen LogP contribution is 2.34. The lowest BCUT2D eigenvalue weighted by Crippen LogP contribution is -2.35. The summed E-state index contributed by atoms with van der Waals surface area (Å²) in [5, 5.41) is 17.0. The molecule has 8 nitrogen and oxygen atoms in total. The molecule has 3 N–H and O–H groups in total. The highest BCUT2D eigenvalue weighted by Gasteiger charge is 2.30. The number of nitrogens with one attached hydrogen (secondary N) is 2. The molecule has 1 aliphatic carbocycles. The van der Waals surface area contributed by atoms with E-state index in [0.29, 0.717) is 24.8 Å². The molecular formula is C27H33N5O3. The van der Waals surface area contributed by atoms with Gasteiger partial charge in [0.15, 0.2) is 0 Å². The van der Waals surface area contributed by atoms with Crippen molar-refractivity contribution in [1.29, 1.82) is 0 Å². The molecule has 0 bridgehead atoms. The van der Waals surface area contributed by atoms with E-state index in [0.717, 1.165) is 66.6 Å². The van der Waals surface area contributed by atoms with Gasteiger partial charge in [-0.3, -0.25) is 0 Å².